The number of hydrogen-bond acceptors (Lipinski definition) is 3. The molecule has 0 saturated carbocycles. The van der Waals surface area contributed by atoms with Crippen LogP contribution in [0.2, 0.25) is 0 Å². The zero-order chi connectivity index (χ0) is 11.4. The molecule has 6 nitrogen and oxygen atoms in total. The smallest absolute Gasteiger partial charge is 0.328 e. The molecule has 1 aliphatic rings. The highest BCUT2D eigenvalue weighted by Gasteiger charge is 2.31. The molecule has 6 heteroatoms. The van der Waals surface area contributed by atoms with Crippen LogP contribution in [-0.2, 0) is 14.4 Å². The third-order valence-electron chi connectivity index (χ3n) is 2.23. The molecule has 0 aliphatic carbocycles. The normalized spacial score (nSPS) is 20.8. The minimum atomic E-state index is -1.20. The number of nitrogens with two attached hydrogens (primary N) is 1. The Morgan fingerprint density at radius 2 is 2.00 bits per heavy atom. The number of aliphatic carboxylic acids is 1. The summed E-state index contributed by atoms with van der Waals surface area (Å²) in [6.45, 7) is 0.441. The van der Waals surface area contributed by atoms with E-state index in [0.717, 1.165) is 12.2 Å². The van der Waals surface area contributed by atoms with Gasteiger partial charge in [0.25, 0.3) is 0 Å². The maximum Gasteiger partial charge on any atom is 0.328 e. The van der Waals surface area contributed by atoms with Gasteiger partial charge in [0.05, 0.1) is 0 Å². The van der Waals surface area contributed by atoms with E-state index < -0.39 is 23.8 Å². The summed E-state index contributed by atoms with van der Waals surface area (Å²) in [5, 5.41) is 8.33. The van der Waals surface area contributed by atoms with Crippen molar-refractivity contribution < 1.29 is 19.5 Å². The average Bonchev–Trinajstić information content (AvgIpc) is 2.62. The zero-order valence-corrected chi connectivity index (χ0v) is 8.05. The standard InChI is InChI=1S/C9H12N2O4/c10-9(15)6-2-1-5-11(6)7(12)3-4-8(13)14/h3-4,6H,1-2,5H2,(H2,10,15)(H,13,14)/b4-3+. The van der Waals surface area contributed by atoms with E-state index in [1.54, 1.807) is 0 Å². The van der Waals surface area contributed by atoms with Crippen molar-refractivity contribution in [3.63, 3.8) is 0 Å². The van der Waals surface area contributed by atoms with E-state index in [0.29, 0.717) is 19.4 Å². The van der Waals surface area contributed by atoms with Crippen molar-refractivity contribution in [2.45, 2.75) is 18.9 Å². The molecule has 0 aromatic carbocycles. The SMILES string of the molecule is NC(=O)C1CCCN1C(=O)/C=C/C(=O)O. The van der Waals surface area contributed by atoms with Crippen LogP contribution >= 0.6 is 0 Å². The first-order chi connectivity index (χ1) is 7.02. The van der Waals surface area contributed by atoms with E-state index in [9.17, 15) is 14.4 Å². The molecule has 1 fully saturated rings. The Bertz CT molecular complexity index is 324. The Morgan fingerprint density at radius 3 is 2.53 bits per heavy atom. The van der Waals surface area contributed by atoms with Crippen LogP contribution in [0.5, 0.6) is 0 Å². The van der Waals surface area contributed by atoms with Crippen LogP contribution in [0.25, 0.3) is 0 Å². The fourth-order valence-corrected chi connectivity index (χ4v) is 1.56. The molecule has 1 atom stereocenters. The summed E-state index contributed by atoms with van der Waals surface area (Å²) in [5.41, 5.74) is 5.11. The fraction of sp³-hybridized carbons (Fsp3) is 0.444. The van der Waals surface area contributed by atoms with Crippen LogP contribution in [0.3, 0.4) is 0 Å². The second-order valence-corrected chi connectivity index (χ2v) is 3.26. The van der Waals surface area contributed by atoms with Crippen LogP contribution in [0.1, 0.15) is 12.8 Å². The van der Waals surface area contributed by atoms with Gasteiger partial charge < -0.3 is 15.7 Å². The van der Waals surface area contributed by atoms with Gasteiger partial charge in [0, 0.05) is 18.7 Å². The molecular weight excluding hydrogens is 200 g/mol. The number of hydrogen-bond donors (Lipinski definition) is 2. The highest BCUT2D eigenvalue weighted by atomic mass is 16.4. The second kappa shape index (κ2) is 4.59. The number of primary amides is 1. The van der Waals surface area contributed by atoms with Gasteiger partial charge in [-0.25, -0.2) is 4.79 Å². The van der Waals surface area contributed by atoms with E-state index in [2.05, 4.69) is 0 Å². The summed E-state index contributed by atoms with van der Waals surface area (Å²) < 4.78 is 0. The Hall–Kier alpha value is -1.85. The van der Waals surface area contributed by atoms with Gasteiger partial charge >= 0.3 is 5.97 Å². The first-order valence-electron chi connectivity index (χ1n) is 4.53. The molecule has 0 bridgehead atoms. The third-order valence-corrected chi connectivity index (χ3v) is 2.23. The van der Waals surface area contributed by atoms with Crippen molar-refractivity contribution in [3.8, 4) is 0 Å². The van der Waals surface area contributed by atoms with E-state index >= 15 is 0 Å². The van der Waals surface area contributed by atoms with E-state index in [1.165, 1.54) is 4.90 Å². The Morgan fingerprint density at radius 1 is 1.33 bits per heavy atom. The van der Waals surface area contributed by atoms with Crippen molar-refractivity contribution in [2.24, 2.45) is 5.73 Å². The summed E-state index contributed by atoms with van der Waals surface area (Å²) in [4.78, 5) is 33.9. The molecular formula is C9H12N2O4. The minimum absolute atomic E-state index is 0.441. The maximum atomic E-state index is 11.4. The van der Waals surface area contributed by atoms with Gasteiger partial charge in [0.1, 0.15) is 6.04 Å². The number of rotatable bonds is 3. The molecule has 1 aliphatic heterocycles. The average molecular weight is 212 g/mol. The van der Waals surface area contributed by atoms with E-state index in [1.807, 2.05) is 0 Å². The molecule has 82 valence electrons. The van der Waals surface area contributed by atoms with Gasteiger partial charge in [-0.15, -0.1) is 0 Å². The molecule has 15 heavy (non-hydrogen) atoms. The Labute approximate surface area is 86.3 Å². The molecule has 0 radical (unpaired) electrons. The number of likely N-dealkylation sites (tertiary alicyclic amines) is 1. The van der Waals surface area contributed by atoms with E-state index in [-0.39, 0.29) is 0 Å². The molecule has 0 spiro atoms. The second-order valence-electron chi connectivity index (χ2n) is 3.26. The molecule has 1 saturated heterocycles. The number of carboxylic acid groups (broad SMARTS) is 1. The topological polar surface area (TPSA) is 101 Å². The molecule has 0 aromatic rings. The highest BCUT2D eigenvalue weighted by Crippen LogP contribution is 2.16. The van der Waals surface area contributed by atoms with Crippen LogP contribution in [-0.4, -0.2) is 40.4 Å². The number of nitrogens with zero attached hydrogens (tertiary/aromatic N) is 1. The number of carbonyl (C=O) groups is 3. The maximum absolute atomic E-state index is 11.4. The monoisotopic (exact) mass is 212 g/mol. The first-order valence-corrected chi connectivity index (χ1v) is 4.53. The lowest BCUT2D eigenvalue weighted by atomic mass is 10.2. The molecule has 2 amide bonds. The number of amides is 2. The van der Waals surface area contributed by atoms with Crippen molar-refractivity contribution in [1.82, 2.24) is 4.90 Å². The number of carboxylic acids is 1. The van der Waals surface area contributed by atoms with Gasteiger partial charge in [-0.1, -0.05) is 0 Å². The third kappa shape index (κ3) is 2.80. The van der Waals surface area contributed by atoms with Gasteiger partial charge in [0.2, 0.25) is 11.8 Å². The zero-order valence-electron chi connectivity index (χ0n) is 8.05. The molecule has 0 aromatic heterocycles. The largest absolute Gasteiger partial charge is 0.478 e. The van der Waals surface area contributed by atoms with Crippen LogP contribution < -0.4 is 5.73 Å². The van der Waals surface area contributed by atoms with Gasteiger partial charge in [-0.05, 0) is 12.8 Å². The first kappa shape index (κ1) is 11.2. The lowest BCUT2D eigenvalue weighted by molar-refractivity contribution is -0.134. The summed E-state index contributed by atoms with van der Waals surface area (Å²) in [6.07, 6.45) is 2.94. The lowest BCUT2D eigenvalue weighted by Gasteiger charge is -2.20. The van der Waals surface area contributed by atoms with Crippen molar-refractivity contribution in [3.05, 3.63) is 12.2 Å². The van der Waals surface area contributed by atoms with Crippen LogP contribution in [0.4, 0.5) is 0 Å². The van der Waals surface area contributed by atoms with Crippen molar-refractivity contribution in [1.29, 1.82) is 0 Å². The molecule has 1 unspecified atom stereocenters. The van der Waals surface area contributed by atoms with E-state index in [4.69, 9.17) is 10.8 Å². The molecule has 1 rings (SSSR count). The highest BCUT2D eigenvalue weighted by molar-refractivity contribution is 5.96. The molecule has 3 N–H and O–H groups in total. The van der Waals surface area contributed by atoms with Gasteiger partial charge in [0.15, 0.2) is 0 Å². The van der Waals surface area contributed by atoms with Crippen molar-refractivity contribution >= 4 is 17.8 Å². The quantitative estimate of drug-likeness (QED) is 0.592. The summed E-state index contributed by atoms with van der Waals surface area (Å²) in [5.74, 6) is -2.23. The Balaban J connectivity index is 2.66. The number of carbonyl (C=O) groups excluding carboxylic acids is 2. The van der Waals surface area contributed by atoms with Crippen molar-refractivity contribution in [2.75, 3.05) is 6.54 Å². The van der Waals surface area contributed by atoms with Gasteiger partial charge in [-0.2, -0.15) is 0 Å². The molecule has 1 heterocycles. The summed E-state index contributed by atoms with van der Waals surface area (Å²) >= 11 is 0. The Kier molecular flexibility index (Phi) is 3.43. The van der Waals surface area contributed by atoms with Gasteiger partial charge in [-0.3, -0.25) is 9.59 Å². The van der Waals surface area contributed by atoms with Crippen LogP contribution in [0.15, 0.2) is 12.2 Å². The predicted molar refractivity (Wildman–Crippen MR) is 50.7 cm³/mol. The van der Waals surface area contributed by atoms with Crippen LogP contribution in [0, 0.1) is 0 Å². The minimum Gasteiger partial charge on any atom is -0.478 e. The summed E-state index contributed by atoms with van der Waals surface area (Å²) in [7, 11) is 0. The predicted octanol–water partition coefficient (Wildman–Crippen LogP) is -0.897. The lowest BCUT2D eigenvalue weighted by Crippen LogP contribution is -2.43. The fourth-order valence-electron chi connectivity index (χ4n) is 1.56. The summed E-state index contributed by atoms with van der Waals surface area (Å²) in [6, 6.07) is -0.601.